The molecule has 0 aromatic heterocycles. The van der Waals surface area contributed by atoms with E-state index in [1.54, 1.807) is 25.3 Å². The van der Waals surface area contributed by atoms with Crippen molar-refractivity contribution >= 4 is 17.5 Å². The molecule has 0 saturated heterocycles. The molecular weight excluding hydrogens is 354 g/mol. The summed E-state index contributed by atoms with van der Waals surface area (Å²) in [4.78, 5) is 22.7. The van der Waals surface area contributed by atoms with Gasteiger partial charge >= 0.3 is 5.69 Å². The van der Waals surface area contributed by atoms with Crippen molar-refractivity contribution in [3.63, 3.8) is 0 Å². The van der Waals surface area contributed by atoms with Crippen LogP contribution in [0.15, 0.2) is 36.4 Å². The van der Waals surface area contributed by atoms with E-state index in [-0.39, 0.29) is 18.1 Å². The van der Waals surface area contributed by atoms with Gasteiger partial charge in [-0.1, -0.05) is 6.08 Å². The zero-order valence-corrected chi connectivity index (χ0v) is 15.1. The van der Waals surface area contributed by atoms with E-state index in [1.165, 1.54) is 32.4 Å². The predicted octanol–water partition coefficient (Wildman–Crippen LogP) is 3.36. The SMILES string of the molecule is COCc1cc(C(=O)/C=C/c2cc(OC)c(O)c([N+](=O)[O-])c2)ccc1OC. The smallest absolute Gasteiger partial charge is 0.315 e. The number of ether oxygens (including phenoxy) is 3. The summed E-state index contributed by atoms with van der Waals surface area (Å²) in [5, 5.41) is 20.8. The highest BCUT2D eigenvalue weighted by molar-refractivity contribution is 6.07. The highest BCUT2D eigenvalue weighted by atomic mass is 16.6. The van der Waals surface area contributed by atoms with Gasteiger partial charge in [0.1, 0.15) is 5.75 Å². The number of methoxy groups -OCH3 is 3. The normalized spacial score (nSPS) is 10.8. The number of nitro groups is 1. The number of nitro benzene ring substituents is 1. The summed E-state index contributed by atoms with van der Waals surface area (Å²) in [6.45, 7) is 0.287. The van der Waals surface area contributed by atoms with Gasteiger partial charge in [-0.25, -0.2) is 0 Å². The van der Waals surface area contributed by atoms with Crippen LogP contribution < -0.4 is 9.47 Å². The summed E-state index contributed by atoms with van der Waals surface area (Å²) in [5.41, 5.74) is 0.976. The second-order valence-electron chi connectivity index (χ2n) is 5.51. The summed E-state index contributed by atoms with van der Waals surface area (Å²) in [6, 6.07) is 7.51. The zero-order chi connectivity index (χ0) is 20.0. The molecule has 0 bridgehead atoms. The molecule has 0 saturated carbocycles. The highest BCUT2D eigenvalue weighted by Crippen LogP contribution is 2.37. The molecule has 0 unspecified atom stereocenters. The van der Waals surface area contributed by atoms with Crippen molar-refractivity contribution in [2.45, 2.75) is 6.61 Å². The molecule has 0 heterocycles. The first-order valence-electron chi connectivity index (χ1n) is 7.85. The summed E-state index contributed by atoms with van der Waals surface area (Å²) in [7, 11) is 4.35. The van der Waals surface area contributed by atoms with Gasteiger partial charge in [-0.2, -0.15) is 0 Å². The number of ketones is 1. The number of carbonyl (C=O) groups excluding carboxylic acids is 1. The van der Waals surface area contributed by atoms with Crippen LogP contribution in [0.5, 0.6) is 17.2 Å². The van der Waals surface area contributed by atoms with Gasteiger partial charge in [-0.15, -0.1) is 0 Å². The Hall–Kier alpha value is -3.39. The molecule has 0 aliphatic heterocycles. The molecule has 0 atom stereocenters. The van der Waals surface area contributed by atoms with Gasteiger partial charge < -0.3 is 19.3 Å². The molecule has 142 valence electrons. The Morgan fingerprint density at radius 3 is 2.44 bits per heavy atom. The van der Waals surface area contributed by atoms with Crippen molar-refractivity contribution in [2.24, 2.45) is 0 Å². The van der Waals surface area contributed by atoms with E-state index in [9.17, 15) is 20.0 Å². The molecule has 0 amide bonds. The Kier molecular flexibility index (Phi) is 6.51. The fourth-order valence-corrected chi connectivity index (χ4v) is 2.47. The van der Waals surface area contributed by atoms with E-state index in [4.69, 9.17) is 14.2 Å². The number of hydrogen-bond acceptors (Lipinski definition) is 7. The van der Waals surface area contributed by atoms with E-state index in [0.29, 0.717) is 16.9 Å². The van der Waals surface area contributed by atoms with Crippen molar-refractivity contribution in [1.82, 2.24) is 0 Å². The molecule has 0 radical (unpaired) electrons. The fourth-order valence-electron chi connectivity index (χ4n) is 2.47. The topological polar surface area (TPSA) is 108 Å². The Morgan fingerprint density at radius 2 is 1.85 bits per heavy atom. The van der Waals surface area contributed by atoms with Gasteiger partial charge in [0.2, 0.25) is 5.75 Å². The molecular formula is C19H19NO7. The quantitative estimate of drug-likeness (QED) is 0.327. The average Bonchev–Trinajstić information content (AvgIpc) is 2.66. The number of benzene rings is 2. The molecule has 2 aromatic rings. The number of nitrogens with zero attached hydrogens (tertiary/aromatic N) is 1. The maximum atomic E-state index is 12.4. The molecule has 2 aromatic carbocycles. The largest absolute Gasteiger partial charge is 0.500 e. The second-order valence-corrected chi connectivity index (χ2v) is 5.51. The first-order valence-corrected chi connectivity index (χ1v) is 7.85. The Labute approximate surface area is 155 Å². The van der Waals surface area contributed by atoms with Gasteiger partial charge in [-0.05, 0) is 35.9 Å². The van der Waals surface area contributed by atoms with Crippen molar-refractivity contribution in [3.05, 3.63) is 63.2 Å². The van der Waals surface area contributed by atoms with Crippen LogP contribution in [0.1, 0.15) is 21.5 Å². The van der Waals surface area contributed by atoms with Crippen LogP contribution in [-0.4, -0.2) is 37.1 Å². The highest BCUT2D eigenvalue weighted by Gasteiger charge is 2.19. The van der Waals surface area contributed by atoms with Crippen LogP contribution in [0.25, 0.3) is 6.08 Å². The molecule has 0 fully saturated rings. The van der Waals surface area contributed by atoms with E-state index >= 15 is 0 Å². The molecule has 2 rings (SSSR count). The first-order chi connectivity index (χ1) is 12.9. The summed E-state index contributed by atoms with van der Waals surface area (Å²) < 4.78 is 15.3. The lowest BCUT2D eigenvalue weighted by Crippen LogP contribution is -2.00. The standard InChI is InChI=1S/C19H19NO7/c1-25-11-14-10-13(5-7-17(14)26-2)16(21)6-4-12-8-15(20(23)24)19(22)18(9-12)27-3/h4-10,22H,11H2,1-3H3/b6-4+. The summed E-state index contributed by atoms with van der Waals surface area (Å²) in [6.07, 6.45) is 2.70. The number of rotatable bonds is 8. The Bertz CT molecular complexity index is 890. The Morgan fingerprint density at radius 1 is 1.15 bits per heavy atom. The molecule has 8 heteroatoms. The number of hydrogen-bond donors (Lipinski definition) is 1. The molecule has 27 heavy (non-hydrogen) atoms. The maximum Gasteiger partial charge on any atom is 0.315 e. The van der Waals surface area contributed by atoms with Crippen LogP contribution in [0.3, 0.4) is 0 Å². The van der Waals surface area contributed by atoms with Gasteiger partial charge in [0.15, 0.2) is 11.5 Å². The zero-order valence-electron chi connectivity index (χ0n) is 15.1. The lowest BCUT2D eigenvalue weighted by Gasteiger charge is -2.09. The predicted molar refractivity (Wildman–Crippen MR) is 98.4 cm³/mol. The van der Waals surface area contributed by atoms with Gasteiger partial charge in [0, 0.05) is 24.3 Å². The third kappa shape index (κ3) is 4.62. The molecule has 0 aliphatic rings. The van der Waals surface area contributed by atoms with E-state index in [1.807, 2.05) is 0 Å². The van der Waals surface area contributed by atoms with Crippen LogP contribution in [0, 0.1) is 10.1 Å². The van der Waals surface area contributed by atoms with E-state index < -0.39 is 16.4 Å². The number of phenolic OH excluding ortho intramolecular Hbond substituents is 1. The van der Waals surface area contributed by atoms with Gasteiger partial charge in [0.25, 0.3) is 0 Å². The van der Waals surface area contributed by atoms with Crippen LogP contribution >= 0.6 is 0 Å². The molecule has 1 N–H and O–H groups in total. The number of phenols is 1. The lowest BCUT2D eigenvalue weighted by atomic mass is 10.0. The van der Waals surface area contributed by atoms with Crippen molar-refractivity contribution in [3.8, 4) is 17.2 Å². The van der Waals surface area contributed by atoms with Gasteiger partial charge in [-0.3, -0.25) is 14.9 Å². The first kappa shape index (κ1) is 19.9. The van der Waals surface area contributed by atoms with Gasteiger partial charge in [0.05, 0.1) is 25.7 Å². The monoisotopic (exact) mass is 373 g/mol. The third-order valence-electron chi connectivity index (χ3n) is 3.79. The van der Waals surface area contributed by atoms with Crippen molar-refractivity contribution < 1.29 is 29.0 Å². The Balaban J connectivity index is 2.33. The molecule has 0 aliphatic carbocycles. The average molecular weight is 373 g/mol. The minimum Gasteiger partial charge on any atom is -0.500 e. The maximum absolute atomic E-state index is 12.4. The summed E-state index contributed by atoms with van der Waals surface area (Å²) in [5.74, 6) is -0.311. The number of aromatic hydroxyl groups is 1. The molecule has 8 nitrogen and oxygen atoms in total. The third-order valence-corrected chi connectivity index (χ3v) is 3.79. The lowest BCUT2D eigenvalue weighted by molar-refractivity contribution is -0.386. The number of allylic oxidation sites excluding steroid dienone is 1. The van der Waals surface area contributed by atoms with E-state index in [2.05, 4.69) is 0 Å². The minimum atomic E-state index is -0.725. The number of carbonyl (C=O) groups is 1. The van der Waals surface area contributed by atoms with Crippen LogP contribution in [0.4, 0.5) is 5.69 Å². The fraction of sp³-hybridized carbons (Fsp3) is 0.211. The van der Waals surface area contributed by atoms with Crippen LogP contribution in [-0.2, 0) is 11.3 Å². The molecule has 0 spiro atoms. The van der Waals surface area contributed by atoms with Crippen LogP contribution in [0.2, 0.25) is 0 Å². The van der Waals surface area contributed by atoms with Crippen molar-refractivity contribution in [1.29, 1.82) is 0 Å². The van der Waals surface area contributed by atoms with E-state index in [0.717, 1.165) is 11.6 Å². The minimum absolute atomic E-state index is 0.0527. The summed E-state index contributed by atoms with van der Waals surface area (Å²) >= 11 is 0. The second kappa shape index (κ2) is 8.81. The van der Waals surface area contributed by atoms with Crippen molar-refractivity contribution in [2.75, 3.05) is 21.3 Å².